The van der Waals surface area contributed by atoms with Crippen LogP contribution in [0.15, 0.2) is 38.9 Å². The Kier molecular flexibility index (Phi) is 4.50. The highest BCUT2D eigenvalue weighted by atomic mass is 32.2. The zero-order chi connectivity index (χ0) is 20.0. The number of aromatic nitrogens is 4. The lowest BCUT2D eigenvalue weighted by Gasteiger charge is -2.11. The summed E-state index contributed by atoms with van der Waals surface area (Å²) in [7, 11) is 3.01. The van der Waals surface area contributed by atoms with E-state index in [0.29, 0.717) is 27.6 Å². The molecule has 1 saturated carbocycles. The van der Waals surface area contributed by atoms with Crippen molar-refractivity contribution in [2.24, 2.45) is 14.1 Å². The van der Waals surface area contributed by atoms with E-state index in [1.807, 2.05) is 0 Å². The Bertz CT molecular complexity index is 1230. The van der Waals surface area contributed by atoms with E-state index in [-0.39, 0.29) is 11.6 Å². The summed E-state index contributed by atoms with van der Waals surface area (Å²) < 4.78 is 2.40. The fourth-order valence-corrected chi connectivity index (χ4v) is 3.95. The Balaban J connectivity index is 1.81. The third kappa shape index (κ3) is 3.19. The predicted molar refractivity (Wildman–Crippen MR) is 105 cm³/mol. The molecule has 3 aromatic rings. The van der Waals surface area contributed by atoms with Gasteiger partial charge in [0, 0.05) is 37.9 Å². The standard InChI is InChI=1S/C18H17N5O4S/c1-21-15-13(17(24)22(2)18(21)25)16(20-14(19-15)11-6-7-11)28-9-10-4-3-5-12(8-10)23(26)27/h3-5,8,11H,6-7,9H2,1-2H3. The van der Waals surface area contributed by atoms with Crippen molar-refractivity contribution in [3.05, 3.63) is 66.6 Å². The molecule has 1 fully saturated rings. The van der Waals surface area contributed by atoms with Crippen LogP contribution in [0.25, 0.3) is 11.0 Å². The maximum Gasteiger partial charge on any atom is 0.332 e. The summed E-state index contributed by atoms with van der Waals surface area (Å²) in [6.07, 6.45) is 1.97. The number of nitrogens with zero attached hydrogens (tertiary/aromatic N) is 5. The summed E-state index contributed by atoms with van der Waals surface area (Å²) in [6.45, 7) is 0. The molecule has 0 amide bonds. The van der Waals surface area contributed by atoms with Gasteiger partial charge in [-0.1, -0.05) is 12.1 Å². The number of rotatable bonds is 5. The van der Waals surface area contributed by atoms with Crippen LogP contribution in [0.3, 0.4) is 0 Å². The van der Waals surface area contributed by atoms with Gasteiger partial charge in [-0.3, -0.25) is 24.0 Å². The van der Waals surface area contributed by atoms with Crippen LogP contribution in [0.2, 0.25) is 0 Å². The van der Waals surface area contributed by atoms with Gasteiger partial charge < -0.3 is 0 Å². The number of thioether (sulfide) groups is 1. The number of aryl methyl sites for hydroxylation is 1. The van der Waals surface area contributed by atoms with Gasteiger partial charge in [-0.25, -0.2) is 14.8 Å². The number of nitro groups is 1. The highest BCUT2D eigenvalue weighted by molar-refractivity contribution is 7.98. The van der Waals surface area contributed by atoms with Crippen LogP contribution in [0.4, 0.5) is 5.69 Å². The maximum absolute atomic E-state index is 12.7. The minimum atomic E-state index is -0.443. The van der Waals surface area contributed by atoms with Crippen LogP contribution in [0, 0.1) is 10.1 Å². The normalized spacial score (nSPS) is 13.8. The summed E-state index contributed by atoms with van der Waals surface area (Å²) in [6, 6.07) is 6.36. The summed E-state index contributed by atoms with van der Waals surface area (Å²) in [5.74, 6) is 1.29. The Morgan fingerprint density at radius 2 is 1.96 bits per heavy atom. The molecule has 2 aromatic heterocycles. The molecule has 10 heteroatoms. The fourth-order valence-electron chi connectivity index (χ4n) is 2.99. The number of hydrogen-bond acceptors (Lipinski definition) is 7. The number of nitro benzene ring substituents is 1. The fraction of sp³-hybridized carbons (Fsp3) is 0.333. The van der Waals surface area contributed by atoms with Crippen LogP contribution >= 0.6 is 11.8 Å². The van der Waals surface area contributed by atoms with Gasteiger partial charge in [-0.2, -0.15) is 0 Å². The molecule has 28 heavy (non-hydrogen) atoms. The topological polar surface area (TPSA) is 113 Å². The maximum atomic E-state index is 12.7. The van der Waals surface area contributed by atoms with Crippen molar-refractivity contribution in [3.63, 3.8) is 0 Å². The second kappa shape index (κ2) is 6.86. The SMILES string of the molecule is Cn1c(=O)c2c(SCc3cccc([N+](=O)[O-])c3)nc(C3CC3)nc2n(C)c1=O. The average Bonchev–Trinajstić information content (AvgIpc) is 3.54. The first-order chi connectivity index (χ1) is 13.4. The van der Waals surface area contributed by atoms with Crippen molar-refractivity contribution in [3.8, 4) is 0 Å². The molecule has 1 aliphatic carbocycles. The van der Waals surface area contributed by atoms with E-state index in [0.717, 1.165) is 23.0 Å². The van der Waals surface area contributed by atoms with Gasteiger partial charge in [0.1, 0.15) is 16.2 Å². The molecule has 1 aromatic carbocycles. The van der Waals surface area contributed by atoms with Gasteiger partial charge in [-0.15, -0.1) is 11.8 Å². The van der Waals surface area contributed by atoms with Crippen LogP contribution in [0.5, 0.6) is 0 Å². The zero-order valence-electron chi connectivity index (χ0n) is 15.3. The van der Waals surface area contributed by atoms with Crippen LogP contribution < -0.4 is 11.2 Å². The molecular formula is C18H17N5O4S. The summed E-state index contributed by atoms with van der Waals surface area (Å²) in [5, 5.41) is 11.8. The van der Waals surface area contributed by atoms with Gasteiger partial charge in [0.2, 0.25) is 0 Å². The lowest BCUT2D eigenvalue weighted by molar-refractivity contribution is -0.384. The summed E-state index contributed by atoms with van der Waals surface area (Å²) in [5.41, 5.74) is 0.212. The smallest absolute Gasteiger partial charge is 0.280 e. The molecule has 0 bridgehead atoms. The number of non-ortho nitro benzene ring substituents is 1. The van der Waals surface area contributed by atoms with Crippen LogP contribution in [-0.4, -0.2) is 24.0 Å². The largest absolute Gasteiger partial charge is 0.332 e. The Hall–Kier alpha value is -3.01. The van der Waals surface area contributed by atoms with Crippen molar-refractivity contribution in [2.75, 3.05) is 0 Å². The number of fused-ring (bicyclic) bond motifs is 1. The Morgan fingerprint density at radius 3 is 2.64 bits per heavy atom. The summed E-state index contributed by atoms with van der Waals surface area (Å²) >= 11 is 1.32. The highest BCUT2D eigenvalue weighted by Gasteiger charge is 2.29. The van der Waals surface area contributed by atoms with Crippen molar-refractivity contribution >= 4 is 28.5 Å². The Morgan fingerprint density at radius 1 is 1.21 bits per heavy atom. The lowest BCUT2D eigenvalue weighted by Crippen LogP contribution is -2.37. The third-order valence-corrected chi connectivity index (χ3v) is 5.77. The monoisotopic (exact) mass is 399 g/mol. The highest BCUT2D eigenvalue weighted by Crippen LogP contribution is 2.39. The van der Waals surface area contributed by atoms with E-state index in [1.165, 1.54) is 35.5 Å². The molecule has 1 aliphatic rings. The summed E-state index contributed by atoms with van der Waals surface area (Å²) in [4.78, 5) is 44.7. The molecule has 144 valence electrons. The van der Waals surface area contributed by atoms with Gasteiger partial charge >= 0.3 is 5.69 Å². The molecular weight excluding hydrogens is 382 g/mol. The second-order valence-electron chi connectivity index (χ2n) is 6.78. The number of benzene rings is 1. The van der Waals surface area contributed by atoms with Crippen LogP contribution in [-0.2, 0) is 19.8 Å². The molecule has 0 unspecified atom stereocenters. The van der Waals surface area contributed by atoms with Crippen molar-refractivity contribution in [1.82, 2.24) is 19.1 Å². The van der Waals surface area contributed by atoms with Crippen molar-refractivity contribution in [2.45, 2.75) is 29.5 Å². The van der Waals surface area contributed by atoms with Gasteiger partial charge in [-0.05, 0) is 18.4 Å². The van der Waals surface area contributed by atoms with E-state index in [2.05, 4.69) is 9.97 Å². The van der Waals surface area contributed by atoms with Gasteiger partial charge in [0.25, 0.3) is 11.2 Å². The van der Waals surface area contributed by atoms with Gasteiger partial charge in [0.15, 0.2) is 5.65 Å². The van der Waals surface area contributed by atoms with Crippen molar-refractivity contribution in [1.29, 1.82) is 0 Å². The molecule has 9 nitrogen and oxygen atoms in total. The van der Waals surface area contributed by atoms with E-state index in [9.17, 15) is 19.7 Å². The van der Waals surface area contributed by atoms with E-state index in [1.54, 1.807) is 19.2 Å². The molecule has 4 rings (SSSR count). The first kappa shape index (κ1) is 18.4. The third-order valence-electron chi connectivity index (χ3n) is 4.72. The van der Waals surface area contributed by atoms with Gasteiger partial charge in [0.05, 0.1) is 4.92 Å². The first-order valence-corrected chi connectivity index (χ1v) is 9.69. The number of hydrogen-bond donors (Lipinski definition) is 0. The zero-order valence-corrected chi connectivity index (χ0v) is 16.1. The Labute approximate surface area is 163 Å². The molecule has 0 N–H and O–H groups in total. The molecule has 0 spiro atoms. The second-order valence-corrected chi connectivity index (χ2v) is 7.75. The van der Waals surface area contributed by atoms with E-state index in [4.69, 9.17) is 0 Å². The molecule has 0 atom stereocenters. The van der Waals surface area contributed by atoms with Crippen LogP contribution in [0.1, 0.15) is 30.1 Å². The minimum Gasteiger partial charge on any atom is -0.280 e. The van der Waals surface area contributed by atoms with E-state index >= 15 is 0 Å². The minimum absolute atomic E-state index is 0.0163. The van der Waals surface area contributed by atoms with Crippen molar-refractivity contribution < 1.29 is 4.92 Å². The molecule has 0 saturated heterocycles. The first-order valence-electron chi connectivity index (χ1n) is 8.70. The quantitative estimate of drug-likeness (QED) is 0.279. The molecule has 2 heterocycles. The average molecular weight is 399 g/mol. The predicted octanol–water partition coefficient (Wildman–Crippen LogP) is 2.11. The lowest BCUT2D eigenvalue weighted by atomic mass is 10.2. The molecule has 0 radical (unpaired) electrons. The molecule has 0 aliphatic heterocycles. The van der Waals surface area contributed by atoms with E-state index < -0.39 is 16.2 Å².